The third kappa shape index (κ3) is 6.44. The second kappa shape index (κ2) is 7.11. The van der Waals surface area contributed by atoms with E-state index in [1.165, 1.54) is 0 Å². The maximum absolute atomic E-state index is 12.1. The Morgan fingerprint density at radius 3 is 2.55 bits per heavy atom. The zero-order valence-electron chi connectivity index (χ0n) is 13.4. The van der Waals surface area contributed by atoms with Crippen molar-refractivity contribution in [3.05, 3.63) is 24.3 Å². The van der Waals surface area contributed by atoms with E-state index in [0.717, 1.165) is 6.26 Å². The Morgan fingerprint density at radius 2 is 2.00 bits per heavy atom. The summed E-state index contributed by atoms with van der Waals surface area (Å²) in [5, 5.41) is 2.73. The summed E-state index contributed by atoms with van der Waals surface area (Å²) in [7, 11) is -3.06. The number of rotatable bonds is 6. The Labute approximate surface area is 132 Å². The number of anilines is 1. The van der Waals surface area contributed by atoms with Crippen LogP contribution in [0.15, 0.2) is 24.3 Å². The minimum atomic E-state index is -3.06. The fourth-order valence-electron chi connectivity index (χ4n) is 1.59. The van der Waals surface area contributed by atoms with Crippen LogP contribution in [0.2, 0.25) is 0 Å². The summed E-state index contributed by atoms with van der Waals surface area (Å²) in [5.74, 6) is 0.157. The van der Waals surface area contributed by atoms with Crippen LogP contribution in [0.4, 0.5) is 5.69 Å². The summed E-state index contributed by atoms with van der Waals surface area (Å²) in [6.45, 7) is 5.74. The molecule has 0 radical (unpaired) electrons. The standard InChI is InChI=1S/C15H24N2O4S/c1-15(2,3)13(16)14(18)17-11-6-5-7-12(10-11)21-8-9-22(4,19)20/h5-7,10,13H,8-9,16H2,1-4H3,(H,17,18)/t13-/m1/s1. The summed E-state index contributed by atoms with van der Waals surface area (Å²) < 4.78 is 27.5. The maximum Gasteiger partial charge on any atom is 0.241 e. The highest BCUT2D eigenvalue weighted by Crippen LogP contribution is 2.21. The molecule has 1 atom stereocenters. The van der Waals surface area contributed by atoms with Crippen molar-refractivity contribution >= 4 is 21.4 Å². The van der Waals surface area contributed by atoms with Crippen molar-refractivity contribution < 1.29 is 17.9 Å². The molecule has 0 aliphatic carbocycles. The van der Waals surface area contributed by atoms with Crippen LogP contribution >= 0.6 is 0 Å². The fraction of sp³-hybridized carbons (Fsp3) is 0.533. The van der Waals surface area contributed by atoms with Crippen LogP contribution in [0.5, 0.6) is 5.75 Å². The molecule has 0 saturated carbocycles. The average molecular weight is 328 g/mol. The number of sulfone groups is 1. The van der Waals surface area contributed by atoms with Crippen LogP contribution in [0.1, 0.15) is 20.8 Å². The molecule has 0 unspecified atom stereocenters. The molecular formula is C15H24N2O4S. The number of hydrogen-bond acceptors (Lipinski definition) is 5. The lowest BCUT2D eigenvalue weighted by Gasteiger charge is -2.25. The van der Waals surface area contributed by atoms with Crippen molar-refractivity contribution in [1.29, 1.82) is 0 Å². The number of carbonyl (C=O) groups excluding carboxylic acids is 1. The van der Waals surface area contributed by atoms with Crippen molar-refractivity contribution in [3.63, 3.8) is 0 Å². The van der Waals surface area contributed by atoms with E-state index in [4.69, 9.17) is 10.5 Å². The van der Waals surface area contributed by atoms with Gasteiger partial charge in [-0.2, -0.15) is 0 Å². The molecule has 0 heterocycles. The SMILES string of the molecule is CC(C)(C)[C@H](N)C(=O)Nc1cccc(OCCS(C)(=O)=O)c1. The third-order valence-electron chi connectivity index (χ3n) is 3.04. The number of hydrogen-bond donors (Lipinski definition) is 2. The van der Waals surface area contributed by atoms with Gasteiger partial charge in [0.1, 0.15) is 12.4 Å². The van der Waals surface area contributed by atoms with Gasteiger partial charge in [-0.05, 0) is 17.5 Å². The predicted molar refractivity (Wildman–Crippen MR) is 87.7 cm³/mol. The normalized spacial score (nSPS) is 13.5. The van der Waals surface area contributed by atoms with Crippen LogP contribution in [-0.2, 0) is 14.6 Å². The maximum atomic E-state index is 12.1. The Hall–Kier alpha value is -1.60. The number of nitrogens with one attached hydrogen (secondary N) is 1. The van der Waals surface area contributed by atoms with Gasteiger partial charge in [0.25, 0.3) is 0 Å². The minimum absolute atomic E-state index is 0.0571. The Balaban J connectivity index is 2.66. The van der Waals surface area contributed by atoms with Gasteiger partial charge in [-0.15, -0.1) is 0 Å². The molecular weight excluding hydrogens is 304 g/mol. The molecule has 1 amide bonds. The van der Waals surface area contributed by atoms with Crippen molar-refractivity contribution in [2.45, 2.75) is 26.8 Å². The summed E-state index contributed by atoms with van der Waals surface area (Å²) in [4.78, 5) is 12.1. The van der Waals surface area contributed by atoms with Crippen molar-refractivity contribution in [2.24, 2.45) is 11.1 Å². The van der Waals surface area contributed by atoms with Crippen LogP contribution < -0.4 is 15.8 Å². The molecule has 1 aromatic rings. The molecule has 0 saturated heterocycles. The van der Waals surface area contributed by atoms with Gasteiger partial charge in [0, 0.05) is 18.0 Å². The Morgan fingerprint density at radius 1 is 1.36 bits per heavy atom. The minimum Gasteiger partial charge on any atom is -0.492 e. The smallest absolute Gasteiger partial charge is 0.241 e. The van der Waals surface area contributed by atoms with Crippen LogP contribution in [0.25, 0.3) is 0 Å². The molecule has 1 rings (SSSR count). The summed E-state index contributed by atoms with van der Waals surface area (Å²) in [5.41, 5.74) is 6.12. The average Bonchev–Trinajstić information content (AvgIpc) is 2.35. The zero-order chi connectivity index (χ0) is 17.0. The summed E-state index contributed by atoms with van der Waals surface area (Å²) >= 11 is 0. The van der Waals surface area contributed by atoms with Crippen molar-refractivity contribution in [2.75, 3.05) is 23.9 Å². The first kappa shape index (κ1) is 18.4. The molecule has 7 heteroatoms. The van der Waals surface area contributed by atoms with E-state index in [9.17, 15) is 13.2 Å². The number of nitrogens with two attached hydrogens (primary N) is 1. The molecule has 0 aliphatic rings. The topological polar surface area (TPSA) is 98.5 Å². The van der Waals surface area contributed by atoms with E-state index in [0.29, 0.717) is 11.4 Å². The molecule has 1 aromatic carbocycles. The number of benzene rings is 1. The third-order valence-corrected chi connectivity index (χ3v) is 3.95. The van der Waals surface area contributed by atoms with Gasteiger partial charge in [0.05, 0.1) is 11.8 Å². The van der Waals surface area contributed by atoms with Crippen molar-refractivity contribution in [3.8, 4) is 5.75 Å². The quantitative estimate of drug-likeness (QED) is 0.823. The first-order valence-corrected chi connectivity index (χ1v) is 9.02. The molecule has 0 aromatic heterocycles. The molecule has 0 fully saturated rings. The van der Waals surface area contributed by atoms with E-state index in [1.54, 1.807) is 24.3 Å². The number of ether oxygens (including phenoxy) is 1. The van der Waals surface area contributed by atoms with E-state index in [2.05, 4.69) is 5.32 Å². The van der Waals surface area contributed by atoms with E-state index < -0.39 is 15.9 Å². The van der Waals surface area contributed by atoms with Crippen LogP contribution in [-0.4, -0.2) is 39.0 Å². The number of carbonyl (C=O) groups is 1. The molecule has 3 N–H and O–H groups in total. The van der Waals surface area contributed by atoms with Gasteiger partial charge in [-0.3, -0.25) is 4.79 Å². The molecule has 0 spiro atoms. The largest absolute Gasteiger partial charge is 0.492 e. The van der Waals surface area contributed by atoms with Crippen LogP contribution in [0.3, 0.4) is 0 Å². The second-order valence-electron chi connectivity index (χ2n) is 6.34. The lowest BCUT2D eigenvalue weighted by Crippen LogP contribution is -2.45. The van der Waals surface area contributed by atoms with E-state index in [-0.39, 0.29) is 23.7 Å². The molecule has 0 aliphatic heterocycles. The van der Waals surface area contributed by atoms with Gasteiger partial charge in [-0.1, -0.05) is 26.8 Å². The first-order valence-electron chi connectivity index (χ1n) is 6.96. The molecule has 22 heavy (non-hydrogen) atoms. The summed E-state index contributed by atoms with van der Waals surface area (Å²) in [6.07, 6.45) is 1.15. The second-order valence-corrected chi connectivity index (χ2v) is 8.60. The zero-order valence-corrected chi connectivity index (χ0v) is 14.2. The van der Waals surface area contributed by atoms with Gasteiger partial charge in [-0.25, -0.2) is 8.42 Å². The highest BCUT2D eigenvalue weighted by atomic mass is 32.2. The van der Waals surface area contributed by atoms with Crippen LogP contribution in [0, 0.1) is 5.41 Å². The highest BCUT2D eigenvalue weighted by molar-refractivity contribution is 7.90. The predicted octanol–water partition coefficient (Wildman–Crippen LogP) is 1.42. The van der Waals surface area contributed by atoms with Gasteiger partial charge in [0.2, 0.25) is 5.91 Å². The van der Waals surface area contributed by atoms with E-state index >= 15 is 0 Å². The molecule has 0 bridgehead atoms. The lowest BCUT2D eigenvalue weighted by atomic mass is 9.87. The molecule has 6 nitrogen and oxygen atoms in total. The molecule has 124 valence electrons. The summed E-state index contributed by atoms with van der Waals surface area (Å²) in [6, 6.07) is 6.13. The van der Waals surface area contributed by atoms with E-state index in [1.807, 2.05) is 20.8 Å². The first-order chi connectivity index (χ1) is 9.99. The Kier molecular flexibility index (Phi) is 5.96. The number of amides is 1. The van der Waals surface area contributed by atoms with Crippen molar-refractivity contribution in [1.82, 2.24) is 0 Å². The Bertz CT molecular complexity index is 621. The fourth-order valence-corrected chi connectivity index (χ4v) is 1.97. The lowest BCUT2D eigenvalue weighted by molar-refractivity contribution is -0.119. The van der Waals surface area contributed by atoms with Gasteiger partial charge in [0.15, 0.2) is 9.84 Å². The van der Waals surface area contributed by atoms with Gasteiger partial charge < -0.3 is 15.8 Å². The highest BCUT2D eigenvalue weighted by Gasteiger charge is 2.27. The monoisotopic (exact) mass is 328 g/mol. The van der Waals surface area contributed by atoms with Gasteiger partial charge >= 0.3 is 0 Å².